The number of rotatable bonds is 9. The normalized spacial score (nSPS) is 15.2. The molecule has 2 amide bonds. The quantitative estimate of drug-likeness (QED) is 0.526. The van der Waals surface area contributed by atoms with Crippen molar-refractivity contribution in [3.8, 4) is 11.1 Å². The van der Waals surface area contributed by atoms with Crippen molar-refractivity contribution < 1.29 is 24.2 Å². The van der Waals surface area contributed by atoms with Crippen molar-refractivity contribution in [3.05, 3.63) is 59.7 Å². The molecule has 0 radical (unpaired) electrons. The van der Waals surface area contributed by atoms with Gasteiger partial charge in [0.05, 0.1) is 0 Å². The van der Waals surface area contributed by atoms with Crippen molar-refractivity contribution >= 4 is 18.0 Å². The Morgan fingerprint density at radius 3 is 2.06 bits per heavy atom. The minimum absolute atomic E-state index is 0.0886. The third-order valence-corrected chi connectivity index (χ3v) is 6.19. The highest BCUT2D eigenvalue weighted by molar-refractivity contribution is 5.91. The van der Waals surface area contributed by atoms with Gasteiger partial charge in [-0.15, -0.1) is 0 Å². The average Bonchev–Trinajstić information content (AvgIpc) is 3.09. The first-order chi connectivity index (χ1) is 15.7. The summed E-state index contributed by atoms with van der Waals surface area (Å²) in [7, 11) is 0. The maximum Gasteiger partial charge on any atom is 0.407 e. The molecule has 1 aliphatic carbocycles. The second-order valence-corrected chi connectivity index (χ2v) is 9.07. The molecule has 3 N–H and O–H groups in total. The van der Waals surface area contributed by atoms with Gasteiger partial charge in [0.25, 0.3) is 0 Å². The number of nitrogens with one attached hydrogen (secondary N) is 2. The molecule has 33 heavy (non-hydrogen) atoms. The molecule has 1 unspecified atom stereocenters. The van der Waals surface area contributed by atoms with Gasteiger partial charge in [-0.2, -0.15) is 0 Å². The molecule has 2 aromatic rings. The summed E-state index contributed by atoms with van der Waals surface area (Å²) in [6, 6.07) is 15.2. The number of amides is 2. The Balaban J connectivity index is 1.68. The van der Waals surface area contributed by atoms with E-state index < -0.39 is 29.6 Å². The summed E-state index contributed by atoms with van der Waals surface area (Å²) in [5.41, 5.74) is 3.06. The summed E-state index contributed by atoms with van der Waals surface area (Å²) in [5.74, 6) is -2.00. The second kappa shape index (κ2) is 10.1. The van der Waals surface area contributed by atoms with Crippen LogP contribution in [0.5, 0.6) is 0 Å². The summed E-state index contributed by atoms with van der Waals surface area (Å²) < 4.78 is 5.55. The van der Waals surface area contributed by atoms with E-state index in [0.29, 0.717) is 6.42 Å². The van der Waals surface area contributed by atoms with Crippen LogP contribution in [0.2, 0.25) is 0 Å². The number of fused-ring (bicyclic) bond motifs is 3. The van der Waals surface area contributed by atoms with Crippen LogP contribution in [0.1, 0.15) is 57.6 Å². The molecule has 7 nitrogen and oxygen atoms in total. The molecule has 0 bridgehead atoms. The fourth-order valence-electron chi connectivity index (χ4n) is 4.37. The minimum atomic E-state index is -1.40. The van der Waals surface area contributed by atoms with Crippen LogP contribution >= 0.6 is 0 Å². The Kier molecular flexibility index (Phi) is 7.41. The van der Waals surface area contributed by atoms with Crippen molar-refractivity contribution in [2.45, 2.75) is 58.0 Å². The van der Waals surface area contributed by atoms with Gasteiger partial charge in [-0.05, 0) is 41.5 Å². The first-order valence-electron chi connectivity index (χ1n) is 11.3. The standard InChI is InChI=1S/C26H32N2O5/c1-5-14-26(4,24(30)31)28-23(29)22(16(2)3)27-25(32)33-15-21-19-12-8-6-10-17(19)18-11-7-9-13-20(18)21/h6-13,16,21-22H,5,14-15H2,1-4H3,(H,27,32)(H,28,29)(H,30,31)/t22-,26?/m1/s1. The topological polar surface area (TPSA) is 105 Å². The SMILES string of the molecule is CCCC(C)(NC(=O)[C@H](NC(=O)OCC1c2ccccc2-c2ccccc21)C(C)C)C(=O)O. The number of hydrogen-bond acceptors (Lipinski definition) is 4. The van der Waals surface area contributed by atoms with Gasteiger partial charge in [0.1, 0.15) is 18.2 Å². The fourth-order valence-corrected chi connectivity index (χ4v) is 4.37. The molecule has 0 aliphatic heterocycles. The number of alkyl carbamates (subject to hydrolysis) is 1. The summed E-state index contributed by atoms with van der Waals surface area (Å²) in [4.78, 5) is 37.2. The predicted octanol–water partition coefficient (Wildman–Crippen LogP) is 4.31. The average molecular weight is 453 g/mol. The number of hydrogen-bond donors (Lipinski definition) is 3. The molecular formula is C26H32N2O5. The maximum absolute atomic E-state index is 12.9. The van der Waals surface area contributed by atoms with Gasteiger partial charge in [0, 0.05) is 5.92 Å². The Morgan fingerprint density at radius 2 is 1.58 bits per heavy atom. The van der Waals surface area contributed by atoms with Gasteiger partial charge in [-0.3, -0.25) is 4.79 Å². The van der Waals surface area contributed by atoms with E-state index in [2.05, 4.69) is 22.8 Å². The van der Waals surface area contributed by atoms with Crippen LogP contribution in [0.4, 0.5) is 4.79 Å². The van der Waals surface area contributed by atoms with Crippen molar-refractivity contribution in [1.29, 1.82) is 0 Å². The van der Waals surface area contributed by atoms with E-state index >= 15 is 0 Å². The summed E-state index contributed by atoms with van der Waals surface area (Å²) in [5, 5.41) is 14.8. The molecule has 0 heterocycles. The molecule has 7 heteroatoms. The molecule has 1 aliphatic rings. The van der Waals surface area contributed by atoms with Gasteiger partial charge in [-0.1, -0.05) is 75.7 Å². The minimum Gasteiger partial charge on any atom is -0.480 e. The first kappa shape index (κ1) is 24.3. The monoisotopic (exact) mass is 452 g/mol. The zero-order valence-corrected chi connectivity index (χ0v) is 19.6. The number of carboxylic acids is 1. The van der Waals surface area contributed by atoms with E-state index in [9.17, 15) is 19.5 Å². The van der Waals surface area contributed by atoms with E-state index in [1.807, 2.05) is 43.3 Å². The number of carbonyl (C=O) groups is 3. The molecule has 2 atom stereocenters. The molecule has 0 fully saturated rings. The highest BCUT2D eigenvalue weighted by atomic mass is 16.5. The van der Waals surface area contributed by atoms with Gasteiger partial charge < -0.3 is 20.5 Å². The lowest BCUT2D eigenvalue weighted by molar-refractivity contribution is -0.147. The van der Waals surface area contributed by atoms with Crippen LogP contribution in [-0.2, 0) is 14.3 Å². The van der Waals surface area contributed by atoms with Gasteiger partial charge >= 0.3 is 12.1 Å². The predicted molar refractivity (Wildman–Crippen MR) is 126 cm³/mol. The molecule has 176 valence electrons. The van der Waals surface area contributed by atoms with E-state index in [0.717, 1.165) is 22.3 Å². The van der Waals surface area contributed by atoms with Crippen molar-refractivity contribution in [2.75, 3.05) is 6.61 Å². The van der Waals surface area contributed by atoms with Crippen LogP contribution in [0, 0.1) is 5.92 Å². The maximum atomic E-state index is 12.9. The Morgan fingerprint density at radius 1 is 1.03 bits per heavy atom. The van der Waals surface area contributed by atoms with Crippen molar-refractivity contribution in [3.63, 3.8) is 0 Å². The molecule has 0 aromatic heterocycles. The van der Waals surface area contributed by atoms with Crippen molar-refractivity contribution in [1.82, 2.24) is 10.6 Å². The Hall–Kier alpha value is -3.35. The van der Waals surface area contributed by atoms with Crippen LogP contribution in [0.25, 0.3) is 11.1 Å². The summed E-state index contributed by atoms with van der Waals surface area (Å²) in [6.45, 7) is 7.02. The molecule has 2 aromatic carbocycles. The largest absolute Gasteiger partial charge is 0.480 e. The van der Waals surface area contributed by atoms with Gasteiger partial charge in [-0.25, -0.2) is 9.59 Å². The highest BCUT2D eigenvalue weighted by Gasteiger charge is 2.37. The smallest absolute Gasteiger partial charge is 0.407 e. The number of carboxylic acid groups (broad SMARTS) is 1. The Bertz CT molecular complexity index is 989. The van der Waals surface area contributed by atoms with Crippen LogP contribution < -0.4 is 10.6 Å². The fraction of sp³-hybridized carbons (Fsp3) is 0.423. The second-order valence-electron chi connectivity index (χ2n) is 9.07. The Labute approximate surface area is 194 Å². The zero-order valence-electron chi connectivity index (χ0n) is 19.6. The van der Waals surface area contributed by atoms with E-state index in [4.69, 9.17) is 4.74 Å². The van der Waals surface area contributed by atoms with Gasteiger partial charge in [0.2, 0.25) is 5.91 Å². The van der Waals surface area contributed by atoms with Gasteiger partial charge in [0.15, 0.2) is 0 Å². The molecule has 0 spiro atoms. The summed E-state index contributed by atoms with van der Waals surface area (Å²) in [6.07, 6.45) is 0.164. The lowest BCUT2D eigenvalue weighted by Gasteiger charge is -2.30. The van der Waals surface area contributed by atoms with E-state index in [-0.39, 0.29) is 24.9 Å². The van der Waals surface area contributed by atoms with Crippen molar-refractivity contribution in [2.24, 2.45) is 5.92 Å². The van der Waals surface area contributed by atoms with Crippen LogP contribution in [0.3, 0.4) is 0 Å². The number of carbonyl (C=O) groups excluding carboxylic acids is 2. The molecular weight excluding hydrogens is 420 g/mol. The molecule has 0 saturated heterocycles. The zero-order chi connectivity index (χ0) is 24.2. The van der Waals surface area contributed by atoms with Crippen LogP contribution in [-0.4, -0.2) is 41.3 Å². The molecule has 0 saturated carbocycles. The third kappa shape index (κ3) is 5.18. The third-order valence-electron chi connectivity index (χ3n) is 6.19. The lowest BCUT2D eigenvalue weighted by atomic mass is 9.94. The molecule has 3 rings (SSSR count). The number of aliphatic carboxylic acids is 1. The van der Waals surface area contributed by atoms with Crippen LogP contribution in [0.15, 0.2) is 48.5 Å². The summed E-state index contributed by atoms with van der Waals surface area (Å²) >= 11 is 0. The highest BCUT2D eigenvalue weighted by Crippen LogP contribution is 2.44. The number of ether oxygens (including phenoxy) is 1. The number of benzene rings is 2. The first-order valence-corrected chi connectivity index (χ1v) is 11.3. The van der Waals surface area contributed by atoms with E-state index in [1.165, 1.54) is 6.92 Å². The lowest BCUT2D eigenvalue weighted by Crippen LogP contribution is -2.59. The van der Waals surface area contributed by atoms with E-state index in [1.54, 1.807) is 13.8 Å².